The van der Waals surface area contributed by atoms with E-state index in [1.54, 1.807) is 23.8 Å². The molecule has 3 heterocycles. The zero-order valence-electron chi connectivity index (χ0n) is 19.0. The van der Waals surface area contributed by atoms with E-state index in [2.05, 4.69) is 9.71 Å². The van der Waals surface area contributed by atoms with Gasteiger partial charge in [-0.25, -0.2) is 8.42 Å². The van der Waals surface area contributed by atoms with Gasteiger partial charge in [-0.05, 0) is 54.4 Å². The maximum absolute atomic E-state index is 12.5. The van der Waals surface area contributed by atoms with Crippen molar-refractivity contribution in [2.75, 3.05) is 10.5 Å². The van der Waals surface area contributed by atoms with E-state index in [1.807, 2.05) is 60.4 Å². The standard InChI is InChI=1S/C25H22Cl2N4O3S/c1-3-35(33,34)29-22-11-16(19-14-30(2)24-17(19)6-8-28-25(24)32)12-23-18(22)7-9-31(23)13-15-4-5-20(26)21(27)10-15/h4-12,14,29H,3,13H2,1-2H3,(H,28,32). The lowest BCUT2D eigenvalue weighted by molar-refractivity contribution is 0.602. The van der Waals surface area contributed by atoms with E-state index >= 15 is 0 Å². The molecule has 0 radical (unpaired) electrons. The van der Waals surface area contributed by atoms with Gasteiger partial charge >= 0.3 is 0 Å². The normalized spacial score (nSPS) is 12.0. The Labute approximate surface area is 212 Å². The third-order valence-electron chi connectivity index (χ3n) is 6.08. The molecule has 0 aliphatic heterocycles. The van der Waals surface area contributed by atoms with Gasteiger partial charge < -0.3 is 14.1 Å². The minimum Gasteiger partial charge on any atom is -0.345 e. The first-order chi connectivity index (χ1) is 16.7. The zero-order chi connectivity index (χ0) is 24.9. The van der Waals surface area contributed by atoms with E-state index in [0.717, 1.165) is 33.0 Å². The van der Waals surface area contributed by atoms with E-state index in [9.17, 15) is 13.2 Å². The lowest BCUT2D eigenvalue weighted by atomic mass is 10.0. The lowest BCUT2D eigenvalue weighted by Crippen LogP contribution is -2.14. The number of rotatable bonds is 6. The summed E-state index contributed by atoms with van der Waals surface area (Å²) in [7, 11) is -1.71. The Hall–Kier alpha value is -3.20. The molecule has 35 heavy (non-hydrogen) atoms. The highest BCUT2D eigenvalue weighted by molar-refractivity contribution is 7.92. The fourth-order valence-corrected chi connectivity index (χ4v) is 5.31. The van der Waals surface area contributed by atoms with E-state index in [1.165, 1.54) is 0 Å². The number of sulfonamides is 1. The van der Waals surface area contributed by atoms with Gasteiger partial charge in [-0.1, -0.05) is 29.3 Å². The van der Waals surface area contributed by atoms with Crippen LogP contribution in [0.1, 0.15) is 12.5 Å². The van der Waals surface area contributed by atoms with Gasteiger partial charge in [-0.2, -0.15) is 0 Å². The Balaban J connectivity index is 1.73. The molecule has 0 saturated heterocycles. The Morgan fingerprint density at radius 3 is 2.57 bits per heavy atom. The van der Waals surface area contributed by atoms with Crippen LogP contribution in [0.2, 0.25) is 10.0 Å². The van der Waals surface area contributed by atoms with Crippen LogP contribution in [0, 0.1) is 0 Å². The van der Waals surface area contributed by atoms with Crippen LogP contribution in [-0.4, -0.2) is 28.3 Å². The van der Waals surface area contributed by atoms with E-state index < -0.39 is 10.0 Å². The highest BCUT2D eigenvalue weighted by atomic mass is 35.5. The van der Waals surface area contributed by atoms with Crippen molar-refractivity contribution in [2.24, 2.45) is 7.05 Å². The summed E-state index contributed by atoms with van der Waals surface area (Å²) in [4.78, 5) is 15.1. The number of anilines is 1. The third kappa shape index (κ3) is 4.33. The second-order valence-electron chi connectivity index (χ2n) is 8.38. The summed E-state index contributed by atoms with van der Waals surface area (Å²) in [6.45, 7) is 2.11. The van der Waals surface area contributed by atoms with Gasteiger partial charge in [0.1, 0.15) is 5.52 Å². The molecule has 0 aliphatic carbocycles. The van der Waals surface area contributed by atoms with Gasteiger partial charge in [-0.15, -0.1) is 0 Å². The molecule has 5 aromatic rings. The maximum atomic E-state index is 12.5. The van der Waals surface area contributed by atoms with Gasteiger partial charge in [0, 0.05) is 48.5 Å². The van der Waals surface area contributed by atoms with Crippen LogP contribution < -0.4 is 10.3 Å². The first kappa shape index (κ1) is 23.5. The van der Waals surface area contributed by atoms with Crippen molar-refractivity contribution in [1.82, 2.24) is 14.1 Å². The molecule has 2 N–H and O–H groups in total. The SMILES string of the molecule is CCS(=O)(=O)Nc1cc(-c2cn(C)c3c(=O)[nH]ccc23)cc2c1ccn2Cc1ccc(Cl)c(Cl)c1. The van der Waals surface area contributed by atoms with Crippen LogP contribution in [0.4, 0.5) is 5.69 Å². The quantitative estimate of drug-likeness (QED) is 0.300. The summed E-state index contributed by atoms with van der Waals surface area (Å²) < 4.78 is 31.5. The molecule has 0 amide bonds. The number of aryl methyl sites for hydroxylation is 1. The van der Waals surface area contributed by atoms with Gasteiger partial charge in [0.05, 0.1) is 27.0 Å². The number of hydrogen-bond acceptors (Lipinski definition) is 3. The summed E-state index contributed by atoms with van der Waals surface area (Å²) in [6.07, 6.45) is 5.40. The lowest BCUT2D eigenvalue weighted by Gasteiger charge is -2.13. The summed E-state index contributed by atoms with van der Waals surface area (Å²) in [5, 5.41) is 2.50. The third-order valence-corrected chi connectivity index (χ3v) is 8.11. The molecule has 0 aliphatic rings. The predicted octanol–water partition coefficient (Wildman–Crippen LogP) is 5.61. The molecule has 0 saturated carbocycles. The number of benzene rings is 2. The van der Waals surface area contributed by atoms with Crippen molar-refractivity contribution in [3.05, 3.63) is 87.0 Å². The van der Waals surface area contributed by atoms with E-state index in [-0.39, 0.29) is 11.3 Å². The summed E-state index contributed by atoms with van der Waals surface area (Å²) in [5.74, 6) is -0.0493. The number of aromatic nitrogens is 3. The summed E-state index contributed by atoms with van der Waals surface area (Å²) >= 11 is 12.3. The number of nitrogens with one attached hydrogen (secondary N) is 2. The molecule has 5 rings (SSSR count). The fourth-order valence-electron chi connectivity index (χ4n) is 4.34. The van der Waals surface area contributed by atoms with Crippen molar-refractivity contribution in [3.8, 4) is 11.1 Å². The number of pyridine rings is 1. The number of hydrogen-bond donors (Lipinski definition) is 2. The predicted molar refractivity (Wildman–Crippen MR) is 143 cm³/mol. The average molecular weight is 529 g/mol. The number of aromatic amines is 1. The minimum atomic E-state index is -3.52. The maximum Gasteiger partial charge on any atom is 0.272 e. The van der Waals surface area contributed by atoms with Crippen LogP contribution in [0.25, 0.3) is 32.9 Å². The number of halogens is 2. The first-order valence-corrected chi connectivity index (χ1v) is 13.3. The zero-order valence-corrected chi connectivity index (χ0v) is 21.3. The summed E-state index contributed by atoms with van der Waals surface area (Å²) in [5.41, 5.74) is 4.25. The van der Waals surface area contributed by atoms with Crippen LogP contribution in [0.15, 0.2) is 65.8 Å². The van der Waals surface area contributed by atoms with Crippen LogP contribution in [0.3, 0.4) is 0 Å². The molecule has 0 fully saturated rings. The summed E-state index contributed by atoms with van der Waals surface area (Å²) in [6, 6.07) is 13.0. The monoisotopic (exact) mass is 528 g/mol. The molecule has 0 unspecified atom stereocenters. The smallest absolute Gasteiger partial charge is 0.272 e. The fraction of sp³-hybridized carbons (Fsp3) is 0.160. The van der Waals surface area contributed by atoms with Crippen molar-refractivity contribution in [2.45, 2.75) is 13.5 Å². The van der Waals surface area contributed by atoms with Gasteiger partial charge in [0.25, 0.3) is 5.56 Å². The average Bonchev–Trinajstić information content (AvgIpc) is 3.38. The number of nitrogens with zero attached hydrogens (tertiary/aromatic N) is 2. The van der Waals surface area contributed by atoms with Gasteiger partial charge in [0.2, 0.25) is 10.0 Å². The Morgan fingerprint density at radius 1 is 1.03 bits per heavy atom. The van der Waals surface area contributed by atoms with Crippen LogP contribution in [0.5, 0.6) is 0 Å². The van der Waals surface area contributed by atoms with Crippen molar-refractivity contribution in [3.63, 3.8) is 0 Å². The molecule has 180 valence electrons. The Kier molecular flexibility index (Phi) is 5.91. The van der Waals surface area contributed by atoms with Gasteiger partial charge in [0.15, 0.2) is 0 Å². The number of fused-ring (bicyclic) bond motifs is 2. The molecule has 7 nitrogen and oxygen atoms in total. The number of H-pyrrole nitrogens is 1. The molecule has 0 spiro atoms. The Bertz CT molecular complexity index is 1770. The molecule has 0 bridgehead atoms. The van der Waals surface area contributed by atoms with Crippen molar-refractivity contribution >= 4 is 60.7 Å². The van der Waals surface area contributed by atoms with E-state index in [0.29, 0.717) is 27.8 Å². The van der Waals surface area contributed by atoms with Crippen LogP contribution in [-0.2, 0) is 23.6 Å². The highest BCUT2D eigenvalue weighted by Gasteiger charge is 2.17. The second kappa shape index (κ2) is 8.78. The highest BCUT2D eigenvalue weighted by Crippen LogP contribution is 2.36. The topological polar surface area (TPSA) is 88.9 Å². The molecule has 10 heteroatoms. The van der Waals surface area contributed by atoms with Crippen molar-refractivity contribution in [1.29, 1.82) is 0 Å². The van der Waals surface area contributed by atoms with Gasteiger partial charge in [-0.3, -0.25) is 9.52 Å². The molecule has 3 aromatic heterocycles. The first-order valence-electron chi connectivity index (χ1n) is 10.9. The molecule has 0 atom stereocenters. The van der Waals surface area contributed by atoms with Crippen LogP contribution >= 0.6 is 23.2 Å². The molecular weight excluding hydrogens is 507 g/mol. The largest absolute Gasteiger partial charge is 0.345 e. The molecule has 2 aromatic carbocycles. The second-order valence-corrected chi connectivity index (χ2v) is 11.2. The molecular formula is C25H22Cl2N4O3S. The van der Waals surface area contributed by atoms with E-state index in [4.69, 9.17) is 23.2 Å². The van der Waals surface area contributed by atoms with Crippen molar-refractivity contribution < 1.29 is 8.42 Å². The Morgan fingerprint density at radius 2 is 1.83 bits per heavy atom. The minimum absolute atomic E-state index is 0.0493.